The van der Waals surface area contributed by atoms with Crippen LogP contribution in [0.15, 0.2) is 0 Å². The van der Waals surface area contributed by atoms with E-state index >= 15 is 0 Å². The maximum Gasteiger partial charge on any atom is 0.156 e. The van der Waals surface area contributed by atoms with Crippen molar-refractivity contribution < 1.29 is 5.11 Å². The van der Waals surface area contributed by atoms with Gasteiger partial charge in [0.05, 0.1) is 11.3 Å². The fourth-order valence-corrected chi connectivity index (χ4v) is 2.62. The van der Waals surface area contributed by atoms with Crippen LogP contribution in [0.3, 0.4) is 0 Å². The number of aryl methyl sites for hydroxylation is 1. The molecule has 0 aromatic carbocycles. The van der Waals surface area contributed by atoms with E-state index in [2.05, 4.69) is 15.1 Å². The van der Waals surface area contributed by atoms with Crippen molar-refractivity contribution in [2.45, 2.75) is 52.2 Å². The molecule has 19 heavy (non-hydrogen) atoms. The predicted molar refractivity (Wildman–Crippen MR) is 76.1 cm³/mol. The Morgan fingerprint density at radius 3 is 2.68 bits per heavy atom. The molecule has 0 amide bonds. The van der Waals surface area contributed by atoms with Gasteiger partial charge in [-0.3, -0.25) is 0 Å². The van der Waals surface area contributed by atoms with Crippen LogP contribution in [-0.2, 0) is 6.54 Å². The first-order valence-electron chi connectivity index (χ1n) is 6.95. The van der Waals surface area contributed by atoms with Gasteiger partial charge >= 0.3 is 0 Å². The lowest BCUT2D eigenvalue weighted by Crippen LogP contribution is -2.30. The lowest BCUT2D eigenvalue weighted by molar-refractivity contribution is 0.0481. The third-order valence-electron chi connectivity index (χ3n) is 4.13. The fourth-order valence-electron chi connectivity index (χ4n) is 2.62. The summed E-state index contributed by atoms with van der Waals surface area (Å²) < 4.78 is 0. The van der Waals surface area contributed by atoms with Crippen LogP contribution in [0.5, 0.6) is 0 Å². The van der Waals surface area contributed by atoms with Gasteiger partial charge < -0.3 is 15.7 Å². The van der Waals surface area contributed by atoms with Gasteiger partial charge in [-0.15, -0.1) is 5.10 Å². The molecule has 1 aliphatic heterocycles. The molecule has 1 unspecified atom stereocenters. The maximum atomic E-state index is 10.2. The summed E-state index contributed by atoms with van der Waals surface area (Å²) in [5, 5.41) is 18.7. The Hall–Kier alpha value is -1.20. The highest BCUT2D eigenvalue weighted by atomic mass is 16.3. The minimum atomic E-state index is -0.565. The van der Waals surface area contributed by atoms with E-state index < -0.39 is 5.60 Å². The smallest absolute Gasteiger partial charge is 0.156 e. The monoisotopic (exact) mass is 264 g/mol. The highest BCUT2D eigenvalue weighted by Crippen LogP contribution is 2.27. The van der Waals surface area contributed by atoms with E-state index in [0.717, 1.165) is 55.0 Å². The van der Waals surface area contributed by atoms with Crippen LogP contribution < -0.4 is 10.6 Å². The summed E-state index contributed by atoms with van der Waals surface area (Å²) >= 11 is 0. The van der Waals surface area contributed by atoms with E-state index in [4.69, 9.17) is 5.73 Å². The molecule has 106 valence electrons. The Labute approximate surface area is 114 Å². The van der Waals surface area contributed by atoms with Crippen LogP contribution in [0.25, 0.3) is 0 Å². The lowest BCUT2D eigenvalue weighted by atomic mass is 9.98. The van der Waals surface area contributed by atoms with E-state index in [-0.39, 0.29) is 0 Å². The normalized spacial score (nSPS) is 24.4. The standard InChI is InChI=1S/C14H24N4O/c1-10-11(2)16-17-13(12(10)9-15)18-7-4-5-14(3,19)6-8-18/h19H,4-9,15H2,1-3H3. The number of nitrogens with two attached hydrogens (primary N) is 1. The second-order valence-electron chi connectivity index (χ2n) is 5.75. The van der Waals surface area contributed by atoms with Gasteiger partial charge in [0.2, 0.25) is 0 Å². The Bertz CT molecular complexity index is 459. The van der Waals surface area contributed by atoms with Gasteiger partial charge in [-0.25, -0.2) is 0 Å². The summed E-state index contributed by atoms with van der Waals surface area (Å²) in [6, 6.07) is 0. The molecule has 2 heterocycles. The minimum Gasteiger partial charge on any atom is -0.390 e. The SMILES string of the molecule is Cc1nnc(N2CCCC(C)(O)CC2)c(CN)c1C. The largest absolute Gasteiger partial charge is 0.390 e. The van der Waals surface area contributed by atoms with Gasteiger partial charge in [0.15, 0.2) is 5.82 Å². The molecule has 5 heteroatoms. The number of anilines is 1. The molecule has 0 radical (unpaired) electrons. The average molecular weight is 264 g/mol. The van der Waals surface area contributed by atoms with E-state index in [0.29, 0.717) is 6.54 Å². The molecule has 0 spiro atoms. The van der Waals surface area contributed by atoms with Crippen molar-refractivity contribution in [2.24, 2.45) is 5.73 Å². The first kappa shape index (κ1) is 14.2. The highest BCUT2D eigenvalue weighted by Gasteiger charge is 2.26. The number of aliphatic hydroxyl groups is 1. The molecule has 3 N–H and O–H groups in total. The molecule has 0 aliphatic carbocycles. The first-order valence-corrected chi connectivity index (χ1v) is 6.95. The van der Waals surface area contributed by atoms with Gasteiger partial charge in [0.25, 0.3) is 0 Å². The second-order valence-corrected chi connectivity index (χ2v) is 5.75. The zero-order valence-corrected chi connectivity index (χ0v) is 12.1. The molecule has 1 saturated heterocycles. The molecule has 1 aliphatic rings. The van der Waals surface area contributed by atoms with Crippen molar-refractivity contribution in [3.8, 4) is 0 Å². The molecule has 5 nitrogen and oxygen atoms in total. The van der Waals surface area contributed by atoms with Crippen molar-refractivity contribution >= 4 is 5.82 Å². The number of hydrogen-bond donors (Lipinski definition) is 2. The summed E-state index contributed by atoms with van der Waals surface area (Å²) in [7, 11) is 0. The molecule has 0 bridgehead atoms. The van der Waals surface area contributed by atoms with Crippen molar-refractivity contribution in [3.63, 3.8) is 0 Å². The summed E-state index contributed by atoms with van der Waals surface area (Å²) in [6.45, 7) is 8.09. The highest BCUT2D eigenvalue weighted by molar-refractivity contribution is 5.50. The number of hydrogen-bond acceptors (Lipinski definition) is 5. The molecular weight excluding hydrogens is 240 g/mol. The van der Waals surface area contributed by atoms with Crippen LogP contribution in [0, 0.1) is 13.8 Å². The zero-order valence-electron chi connectivity index (χ0n) is 12.1. The topological polar surface area (TPSA) is 75.3 Å². The third-order valence-corrected chi connectivity index (χ3v) is 4.13. The molecule has 0 saturated carbocycles. The molecule has 1 fully saturated rings. The number of aromatic nitrogens is 2. The van der Waals surface area contributed by atoms with Gasteiger partial charge in [0, 0.05) is 25.2 Å². The van der Waals surface area contributed by atoms with E-state index in [9.17, 15) is 5.11 Å². The van der Waals surface area contributed by atoms with E-state index in [1.165, 1.54) is 0 Å². The zero-order chi connectivity index (χ0) is 14.0. The fraction of sp³-hybridized carbons (Fsp3) is 0.714. The van der Waals surface area contributed by atoms with Crippen molar-refractivity contribution in [1.82, 2.24) is 10.2 Å². The Kier molecular flexibility index (Phi) is 4.06. The van der Waals surface area contributed by atoms with Crippen LogP contribution in [0.1, 0.15) is 43.0 Å². The van der Waals surface area contributed by atoms with Gasteiger partial charge in [0.1, 0.15) is 0 Å². The summed E-state index contributed by atoms with van der Waals surface area (Å²) in [5.74, 6) is 0.892. The van der Waals surface area contributed by atoms with Crippen molar-refractivity contribution in [1.29, 1.82) is 0 Å². The number of rotatable bonds is 2. The Balaban J connectivity index is 2.29. The van der Waals surface area contributed by atoms with Crippen molar-refractivity contribution in [2.75, 3.05) is 18.0 Å². The third kappa shape index (κ3) is 3.04. The summed E-state index contributed by atoms with van der Waals surface area (Å²) in [6.07, 6.45) is 2.55. The summed E-state index contributed by atoms with van der Waals surface area (Å²) in [4.78, 5) is 2.21. The maximum absolute atomic E-state index is 10.2. The van der Waals surface area contributed by atoms with E-state index in [1.54, 1.807) is 0 Å². The minimum absolute atomic E-state index is 0.477. The Morgan fingerprint density at radius 1 is 1.26 bits per heavy atom. The lowest BCUT2D eigenvalue weighted by Gasteiger charge is -2.25. The van der Waals surface area contributed by atoms with Gasteiger partial charge in [-0.1, -0.05) is 0 Å². The van der Waals surface area contributed by atoms with E-state index in [1.807, 2.05) is 20.8 Å². The molecule has 1 aromatic heterocycles. The van der Waals surface area contributed by atoms with Crippen LogP contribution in [0.2, 0.25) is 0 Å². The van der Waals surface area contributed by atoms with Crippen LogP contribution in [0.4, 0.5) is 5.82 Å². The Morgan fingerprint density at radius 2 is 2.00 bits per heavy atom. The predicted octanol–water partition coefficient (Wildman–Crippen LogP) is 1.29. The number of nitrogens with zero attached hydrogens (tertiary/aromatic N) is 3. The van der Waals surface area contributed by atoms with Crippen LogP contribution >= 0.6 is 0 Å². The molecular formula is C14H24N4O. The second kappa shape index (κ2) is 5.43. The molecule has 2 rings (SSSR count). The van der Waals surface area contributed by atoms with Gasteiger partial charge in [-0.2, -0.15) is 5.10 Å². The molecule has 1 aromatic rings. The van der Waals surface area contributed by atoms with Crippen molar-refractivity contribution in [3.05, 3.63) is 16.8 Å². The summed E-state index contributed by atoms with van der Waals surface area (Å²) in [5.41, 5.74) is 8.45. The average Bonchev–Trinajstić information content (AvgIpc) is 2.53. The van der Waals surface area contributed by atoms with Crippen LogP contribution in [-0.4, -0.2) is 34.0 Å². The quantitative estimate of drug-likeness (QED) is 0.842. The molecule has 1 atom stereocenters. The van der Waals surface area contributed by atoms with Gasteiger partial charge in [-0.05, 0) is 45.6 Å². The first-order chi connectivity index (χ1) is 8.94.